The van der Waals surface area contributed by atoms with Crippen LogP contribution in [0.15, 0.2) is 24.3 Å². The Morgan fingerprint density at radius 1 is 1.38 bits per heavy atom. The van der Waals surface area contributed by atoms with Crippen LogP contribution in [0.4, 0.5) is 4.39 Å². The molecule has 3 rings (SSSR count). The average molecular weight is 331 g/mol. The van der Waals surface area contributed by atoms with Gasteiger partial charge in [0.15, 0.2) is 0 Å². The minimum atomic E-state index is -0.359. The second kappa shape index (κ2) is 7.07. The Labute approximate surface area is 140 Å². The molecule has 3 atom stereocenters. The molecule has 1 aromatic heterocycles. The van der Waals surface area contributed by atoms with E-state index >= 15 is 0 Å². The topological polar surface area (TPSA) is 72.7 Å². The highest BCUT2D eigenvalue weighted by Gasteiger charge is 2.28. The third-order valence-electron chi connectivity index (χ3n) is 4.87. The predicted octanol–water partition coefficient (Wildman–Crippen LogP) is 2.42. The first-order valence-corrected chi connectivity index (χ1v) is 8.36. The molecule has 1 saturated carbocycles. The van der Waals surface area contributed by atoms with Crippen LogP contribution in [0.3, 0.4) is 0 Å². The number of tetrazole rings is 1. The van der Waals surface area contributed by atoms with Gasteiger partial charge in [-0.05, 0) is 35.6 Å². The van der Waals surface area contributed by atoms with Crippen molar-refractivity contribution in [2.24, 2.45) is 11.8 Å². The molecule has 1 fully saturated rings. The molecular weight excluding hydrogens is 309 g/mol. The Kier molecular flexibility index (Phi) is 4.87. The number of halogens is 1. The number of nitrogens with one attached hydrogen (secondary N) is 1. The molecular formula is C17H22FN5O. The lowest BCUT2D eigenvalue weighted by molar-refractivity contribution is -0.123. The fourth-order valence-electron chi connectivity index (χ4n) is 3.22. The molecule has 0 radical (unpaired) electrons. The number of hydrogen-bond donors (Lipinski definition) is 1. The van der Waals surface area contributed by atoms with Crippen LogP contribution in [-0.4, -0.2) is 32.2 Å². The Balaban J connectivity index is 1.61. The zero-order valence-electron chi connectivity index (χ0n) is 13.9. The zero-order chi connectivity index (χ0) is 17.1. The lowest BCUT2D eigenvalue weighted by atomic mass is 9.78. The van der Waals surface area contributed by atoms with E-state index in [1.54, 1.807) is 12.1 Å². The van der Waals surface area contributed by atoms with Gasteiger partial charge < -0.3 is 5.32 Å². The molecule has 24 heavy (non-hydrogen) atoms. The minimum Gasteiger partial charge on any atom is -0.351 e. The lowest BCUT2D eigenvalue weighted by Crippen LogP contribution is -2.45. The minimum absolute atomic E-state index is 0.0138. The van der Waals surface area contributed by atoms with Gasteiger partial charge in [-0.3, -0.25) is 4.79 Å². The van der Waals surface area contributed by atoms with Crippen LogP contribution in [0.1, 0.15) is 33.1 Å². The van der Waals surface area contributed by atoms with Gasteiger partial charge in [0.2, 0.25) is 11.7 Å². The Morgan fingerprint density at radius 3 is 3.00 bits per heavy atom. The number of amides is 1. The highest BCUT2D eigenvalue weighted by Crippen LogP contribution is 2.29. The molecule has 1 aromatic carbocycles. The number of nitrogens with zero attached hydrogens (tertiary/aromatic N) is 4. The third-order valence-corrected chi connectivity index (χ3v) is 4.87. The lowest BCUT2D eigenvalue weighted by Gasteiger charge is -2.34. The summed E-state index contributed by atoms with van der Waals surface area (Å²) in [4.78, 5) is 13.5. The summed E-state index contributed by atoms with van der Waals surface area (Å²) < 4.78 is 13.3. The number of carbonyl (C=O) groups excluding carboxylic acids is 1. The molecule has 7 heteroatoms. The summed E-state index contributed by atoms with van der Waals surface area (Å²) in [7, 11) is 0. The standard InChI is InChI=1S/C17H22FN5O/c1-11-5-3-8-15(12(11)2)19-16(24)10-23-21-17(20-22-23)13-6-4-7-14(18)9-13/h4,6-7,9,11-12,15H,3,5,8,10H2,1-2H3,(H,19,24)/t11-,12-,15-/m1/s1. The van der Waals surface area contributed by atoms with E-state index in [1.165, 1.54) is 23.4 Å². The van der Waals surface area contributed by atoms with Crippen LogP contribution < -0.4 is 5.32 Å². The van der Waals surface area contributed by atoms with Crippen molar-refractivity contribution in [3.05, 3.63) is 30.1 Å². The fourth-order valence-corrected chi connectivity index (χ4v) is 3.22. The number of hydrogen-bond acceptors (Lipinski definition) is 4. The van der Waals surface area contributed by atoms with Crippen molar-refractivity contribution in [2.75, 3.05) is 0 Å². The normalized spacial score (nSPS) is 23.9. The maximum Gasteiger partial charge on any atom is 0.243 e. The first-order chi connectivity index (χ1) is 11.5. The molecule has 1 amide bonds. The maximum absolute atomic E-state index is 13.3. The molecule has 1 N–H and O–H groups in total. The van der Waals surface area contributed by atoms with Crippen LogP contribution in [0.5, 0.6) is 0 Å². The molecule has 6 nitrogen and oxygen atoms in total. The number of rotatable bonds is 4. The fraction of sp³-hybridized carbons (Fsp3) is 0.529. The van der Waals surface area contributed by atoms with Gasteiger partial charge in [0.1, 0.15) is 12.4 Å². The molecule has 1 aliphatic rings. The summed E-state index contributed by atoms with van der Waals surface area (Å²) in [6, 6.07) is 6.19. The monoisotopic (exact) mass is 331 g/mol. The van der Waals surface area contributed by atoms with Crippen LogP contribution in [-0.2, 0) is 11.3 Å². The van der Waals surface area contributed by atoms with E-state index in [2.05, 4.69) is 34.6 Å². The van der Waals surface area contributed by atoms with Gasteiger partial charge in [-0.1, -0.05) is 38.8 Å². The Hall–Kier alpha value is -2.31. The van der Waals surface area contributed by atoms with Crippen LogP contribution >= 0.6 is 0 Å². The quantitative estimate of drug-likeness (QED) is 0.934. The summed E-state index contributed by atoms with van der Waals surface area (Å²) in [5.41, 5.74) is 0.538. The van der Waals surface area contributed by atoms with Crippen LogP contribution in [0.25, 0.3) is 11.4 Å². The first kappa shape index (κ1) is 16.5. The molecule has 2 aromatic rings. The Bertz CT molecular complexity index is 717. The third kappa shape index (κ3) is 3.77. The van der Waals surface area contributed by atoms with E-state index in [1.807, 2.05) is 0 Å². The zero-order valence-corrected chi connectivity index (χ0v) is 13.9. The largest absolute Gasteiger partial charge is 0.351 e. The van der Waals surface area contributed by atoms with E-state index in [0.717, 1.165) is 12.8 Å². The van der Waals surface area contributed by atoms with Crippen molar-refractivity contribution in [1.29, 1.82) is 0 Å². The highest BCUT2D eigenvalue weighted by atomic mass is 19.1. The van der Waals surface area contributed by atoms with Crippen molar-refractivity contribution < 1.29 is 9.18 Å². The van der Waals surface area contributed by atoms with Crippen molar-refractivity contribution in [2.45, 2.75) is 45.7 Å². The summed E-state index contributed by atoms with van der Waals surface area (Å²) in [6.07, 6.45) is 3.37. The van der Waals surface area contributed by atoms with Crippen molar-refractivity contribution in [3.8, 4) is 11.4 Å². The van der Waals surface area contributed by atoms with Gasteiger partial charge in [-0.2, -0.15) is 4.80 Å². The van der Waals surface area contributed by atoms with Crippen molar-refractivity contribution in [3.63, 3.8) is 0 Å². The smallest absolute Gasteiger partial charge is 0.243 e. The number of benzene rings is 1. The number of carbonyl (C=O) groups is 1. The molecule has 128 valence electrons. The van der Waals surface area contributed by atoms with E-state index in [0.29, 0.717) is 23.2 Å². The number of aromatic nitrogens is 4. The van der Waals surface area contributed by atoms with Gasteiger partial charge in [0.05, 0.1) is 0 Å². The predicted molar refractivity (Wildman–Crippen MR) is 87.3 cm³/mol. The second-order valence-corrected chi connectivity index (χ2v) is 6.60. The summed E-state index contributed by atoms with van der Waals surface area (Å²) in [6.45, 7) is 4.43. The molecule has 0 unspecified atom stereocenters. The highest BCUT2D eigenvalue weighted by molar-refractivity contribution is 5.75. The van der Waals surface area contributed by atoms with Gasteiger partial charge in [-0.25, -0.2) is 4.39 Å². The summed E-state index contributed by atoms with van der Waals surface area (Å²) in [5.74, 6) is 0.912. The average Bonchev–Trinajstić information content (AvgIpc) is 3.00. The van der Waals surface area contributed by atoms with E-state index in [9.17, 15) is 9.18 Å². The molecule has 0 saturated heterocycles. The molecule has 0 bridgehead atoms. The van der Waals surface area contributed by atoms with E-state index in [-0.39, 0.29) is 24.3 Å². The van der Waals surface area contributed by atoms with Gasteiger partial charge in [0, 0.05) is 11.6 Å². The van der Waals surface area contributed by atoms with Crippen LogP contribution in [0.2, 0.25) is 0 Å². The summed E-state index contributed by atoms with van der Waals surface area (Å²) in [5, 5.41) is 15.0. The molecule has 0 spiro atoms. The van der Waals surface area contributed by atoms with E-state index in [4.69, 9.17) is 0 Å². The first-order valence-electron chi connectivity index (χ1n) is 8.36. The van der Waals surface area contributed by atoms with E-state index < -0.39 is 0 Å². The van der Waals surface area contributed by atoms with Crippen LogP contribution in [0, 0.1) is 17.7 Å². The second-order valence-electron chi connectivity index (χ2n) is 6.60. The molecule has 1 heterocycles. The molecule has 1 aliphatic carbocycles. The maximum atomic E-state index is 13.3. The molecule has 0 aliphatic heterocycles. The summed E-state index contributed by atoms with van der Waals surface area (Å²) >= 11 is 0. The SMILES string of the molecule is C[C@@H]1[C@H](C)CCC[C@H]1NC(=O)Cn1nnc(-c2cccc(F)c2)n1. The Morgan fingerprint density at radius 2 is 2.21 bits per heavy atom. The van der Waals surface area contributed by atoms with Gasteiger partial charge in [-0.15, -0.1) is 10.2 Å². The van der Waals surface area contributed by atoms with Crippen molar-refractivity contribution in [1.82, 2.24) is 25.5 Å². The van der Waals surface area contributed by atoms with Gasteiger partial charge in [0.25, 0.3) is 0 Å². The van der Waals surface area contributed by atoms with Crippen molar-refractivity contribution >= 4 is 5.91 Å². The van der Waals surface area contributed by atoms with Gasteiger partial charge >= 0.3 is 0 Å².